The van der Waals surface area contributed by atoms with Crippen molar-refractivity contribution in [1.29, 1.82) is 0 Å². The van der Waals surface area contributed by atoms with E-state index in [1.807, 2.05) is 6.92 Å². The van der Waals surface area contributed by atoms with E-state index in [-0.39, 0.29) is 5.56 Å². The maximum absolute atomic E-state index is 12.7. The summed E-state index contributed by atoms with van der Waals surface area (Å²) in [5.41, 5.74) is -0.0682. The predicted octanol–water partition coefficient (Wildman–Crippen LogP) is 3.92. The van der Waals surface area contributed by atoms with E-state index in [0.717, 1.165) is 6.42 Å². The van der Waals surface area contributed by atoms with Crippen molar-refractivity contribution >= 4 is 15.9 Å². The summed E-state index contributed by atoms with van der Waals surface area (Å²) < 4.78 is 30.7. The van der Waals surface area contributed by atoms with Crippen LogP contribution in [-0.4, -0.2) is 6.61 Å². The van der Waals surface area contributed by atoms with Crippen LogP contribution < -0.4 is 4.74 Å². The van der Waals surface area contributed by atoms with Crippen LogP contribution >= 0.6 is 15.9 Å². The van der Waals surface area contributed by atoms with Gasteiger partial charge in [-0.15, -0.1) is 0 Å². The van der Waals surface area contributed by atoms with Gasteiger partial charge in [-0.2, -0.15) is 8.78 Å². The van der Waals surface area contributed by atoms with E-state index in [4.69, 9.17) is 4.74 Å². The minimum Gasteiger partial charge on any atom is -0.494 e. The highest BCUT2D eigenvalue weighted by Gasteiger charge is 2.26. The molecular weight excluding hydrogens is 254 g/mol. The van der Waals surface area contributed by atoms with Gasteiger partial charge in [-0.25, -0.2) is 0 Å². The molecule has 0 fully saturated rings. The summed E-state index contributed by atoms with van der Waals surface area (Å²) in [6.45, 7) is 2.59. The summed E-state index contributed by atoms with van der Waals surface area (Å²) in [5, 5.41) is 0. The normalized spacial score (nSPS) is 11.4. The van der Waals surface area contributed by atoms with Gasteiger partial charge in [0.05, 0.1) is 6.61 Å². The fourth-order valence-electron chi connectivity index (χ4n) is 0.960. The van der Waals surface area contributed by atoms with Crippen LogP contribution in [0.15, 0.2) is 24.3 Å². The summed E-state index contributed by atoms with van der Waals surface area (Å²) in [6, 6.07) is 5.78. The Hall–Kier alpha value is -0.640. The van der Waals surface area contributed by atoms with Crippen molar-refractivity contribution in [2.24, 2.45) is 0 Å². The van der Waals surface area contributed by atoms with Crippen molar-refractivity contribution in [1.82, 2.24) is 0 Å². The van der Waals surface area contributed by atoms with Gasteiger partial charge in [0.15, 0.2) is 0 Å². The van der Waals surface area contributed by atoms with Gasteiger partial charge in [-0.05, 0) is 46.6 Å². The minimum absolute atomic E-state index is 0.0682. The van der Waals surface area contributed by atoms with E-state index in [2.05, 4.69) is 15.9 Å². The summed E-state index contributed by atoms with van der Waals surface area (Å²) in [5.74, 6) is 0.618. The molecule has 0 spiro atoms. The van der Waals surface area contributed by atoms with Crippen molar-refractivity contribution < 1.29 is 13.5 Å². The number of ether oxygens (including phenoxy) is 1. The Labute approximate surface area is 90.2 Å². The Morgan fingerprint density at radius 3 is 2.29 bits per heavy atom. The SMILES string of the molecule is CCCOc1ccc(C(F)(F)Br)cc1. The Kier molecular flexibility index (Phi) is 3.86. The lowest BCUT2D eigenvalue weighted by Gasteiger charge is -2.09. The van der Waals surface area contributed by atoms with Gasteiger partial charge in [-0.1, -0.05) is 6.92 Å². The minimum atomic E-state index is -2.96. The van der Waals surface area contributed by atoms with Crippen LogP contribution in [0.2, 0.25) is 0 Å². The molecule has 1 nitrogen and oxygen atoms in total. The first-order chi connectivity index (χ1) is 6.54. The molecule has 0 aliphatic carbocycles. The van der Waals surface area contributed by atoms with Gasteiger partial charge in [0.2, 0.25) is 0 Å². The van der Waals surface area contributed by atoms with Crippen molar-refractivity contribution in [2.75, 3.05) is 6.61 Å². The number of halogens is 3. The quantitative estimate of drug-likeness (QED) is 0.750. The molecule has 0 atom stereocenters. The Morgan fingerprint density at radius 2 is 1.86 bits per heavy atom. The van der Waals surface area contributed by atoms with E-state index in [1.54, 1.807) is 12.1 Å². The smallest absolute Gasteiger partial charge is 0.326 e. The van der Waals surface area contributed by atoms with E-state index in [9.17, 15) is 8.78 Å². The number of hydrogen-bond acceptors (Lipinski definition) is 1. The van der Waals surface area contributed by atoms with Crippen molar-refractivity contribution in [3.8, 4) is 5.75 Å². The predicted molar refractivity (Wildman–Crippen MR) is 55.0 cm³/mol. The second-order valence-corrected chi connectivity index (χ2v) is 3.87. The number of hydrogen-bond donors (Lipinski definition) is 0. The van der Waals surface area contributed by atoms with Gasteiger partial charge in [0.25, 0.3) is 0 Å². The fraction of sp³-hybridized carbons (Fsp3) is 0.400. The zero-order chi connectivity index (χ0) is 10.6. The highest BCUT2D eigenvalue weighted by molar-refractivity contribution is 9.09. The van der Waals surface area contributed by atoms with Crippen LogP contribution in [0.4, 0.5) is 8.78 Å². The molecular formula is C10H11BrF2O. The third-order valence-electron chi connectivity index (χ3n) is 1.65. The van der Waals surface area contributed by atoms with Crippen LogP contribution in [0, 0.1) is 0 Å². The maximum Gasteiger partial charge on any atom is 0.326 e. The first-order valence-electron chi connectivity index (χ1n) is 4.34. The molecule has 0 saturated carbocycles. The maximum atomic E-state index is 12.7. The number of benzene rings is 1. The van der Waals surface area contributed by atoms with Crippen LogP contribution in [0.1, 0.15) is 18.9 Å². The summed E-state index contributed by atoms with van der Waals surface area (Å²) in [6.07, 6.45) is 0.899. The molecule has 0 heterocycles. The third-order valence-corrected chi connectivity index (χ3v) is 2.11. The summed E-state index contributed by atoms with van der Waals surface area (Å²) in [7, 11) is 0. The zero-order valence-electron chi connectivity index (χ0n) is 7.77. The second kappa shape index (κ2) is 4.73. The molecule has 14 heavy (non-hydrogen) atoms. The molecule has 0 unspecified atom stereocenters. The Balaban J connectivity index is 2.69. The molecule has 78 valence electrons. The molecule has 0 saturated heterocycles. The van der Waals surface area contributed by atoms with Crippen molar-refractivity contribution in [2.45, 2.75) is 18.2 Å². The van der Waals surface area contributed by atoms with Crippen LogP contribution in [0.25, 0.3) is 0 Å². The average Bonchev–Trinajstić information content (AvgIpc) is 2.14. The molecule has 4 heteroatoms. The molecule has 1 aromatic carbocycles. The highest BCUT2D eigenvalue weighted by Crippen LogP contribution is 2.34. The largest absolute Gasteiger partial charge is 0.494 e. The first kappa shape index (κ1) is 11.4. The standard InChI is InChI=1S/C10H11BrF2O/c1-2-7-14-9-5-3-8(4-6-9)10(11,12)13/h3-6H,2,7H2,1H3. The molecule has 0 bridgehead atoms. The molecule has 1 aromatic rings. The second-order valence-electron chi connectivity index (χ2n) is 2.87. The summed E-state index contributed by atoms with van der Waals surface area (Å²) in [4.78, 5) is -2.96. The molecule has 0 aliphatic rings. The highest BCUT2D eigenvalue weighted by atomic mass is 79.9. The first-order valence-corrected chi connectivity index (χ1v) is 5.13. The van der Waals surface area contributed by atoms with Crippen LogP contribution in [0.5, 0.6) is 5.75 Å². The van der Waals surface area contributed by atoms with E-state index in [0.29, 0.717) is 12.4 Å². The van der Waals surface area contributed by atoms with E-state index in [1.165, 1.54) is 12.1 Å². The molecule has 0 radical (unpaired) electrons. The Morgan fingerprint density at radius 1 is 1.29 bits per heavy atom. The lowest BCUT2D eigenvalue weighted by Crippen LogP contribution is -2.02. The van der Waals surface area contributed by atoms with Crippen molar-refractivity contribution in [3.63, 3.8) is 0 Å². The average molecular weight is 265 g/mol. The number of rotatable bonds is 4. The lowest BCUT2D eigenvalue weighted by molar-refractivity contribution is 0.114. The van der Waals surface area contributed by atoms with E-state index < -0.39 is 4.83 Å². The monoisotopic (exact) mass is 264 g/mol. The van der Waals surface area contributed by atoms with Gasteiger partial charge in [0, 0.05) is 5.56 Å². The lowest BCUT2D eigenvalue weighted by atomic mass is 10.2. The molecule has 0 aliphatic heterocycles. The van der Waals surface area contributed by atoms with Gasteiger partial charge >= 0.3 is 4.83 Å². The number of alkyl halides is 3. The van der Waals surface area contributed by atoms with Crippen LogP contribution in [0.3, 0.4) is 0 Å². The van der Waals surface area contributed by atoms with Gasteiger partial charge in [0.1, 0.15) is 5.75 Å². The molecule has 0 N–H and O–H groups in total. The van der Waals surface area contributed by atoms with Crippen LogP contribution in [-0.2, 0) is 4.83 Å². The zero-order valence-corrected chi connectivity index (χ0v) is 9.35. The molecule has 0 amide bonds. The third kappa shape index (κ3) is 3.25. The van der Waals surface area contributed by atoms with E-state index >= 15 is 0 Å². The molecule has 0 aromatic heterocycles. The van der Waals surface area contributed by atoms with Gasteiger partial charge in [-0.3, -0.25) is 0 Å². The summed E-state index contributed by atoms with van der Waals surface area (Å²) >= 11 is 2.29. The Bertz CT molecular complexity index is 279. The fourth-order valence-corrected chi connectivity index (χ4v) is 1.22. The van der Waals surface area contributed by atoms with Crippen molar-refractivity contribution in [3.05, 3.63) is 29.8 Å². The van der Waals surface area contributed by atoms with Gasteiger partial charge < -0.3 is 4.74 Å². The molecule has 1 rings (SSSR count). The topological polar surface area (TPSA) is 9.23 Å².